The number of anilines is 1. The molecule has 1 aromatic rings. The Kier molecular flexibility index (Phi) is 9.54. The number of unbranched alkanes of at least 4 members (excludes halogenated alkanes) is 8. The third-order valence-electron chi connectivity index (χ3n) is 5.13. The van der Waals surface area contributed by atoms with Gasteiger partial charge in [0.25, 0.3) is 0 Å². The van der Waals surface area contributed by atoms with Gasteiger partial charge in [-0.25, -0.2) is 4.79 Å². The molecule has 2 N–H and O–H groups in total. The predicted octanol–water partition coefficient (Wildman–Crippen LogP) is 5.06. The number of aliphatic hydroxyl groups is 1. The third-order valence-corrected chi connectivity index (χ3v) is 5.13. The van der Waals surface area contributed by atoms with Gasteiger partial charge in [-0.3, -0.25) is 0 Å². The maximum absolute atomic E-state index is 11.7. The van der Waals surface area contributed by atoms with Crippen LogP contribution in [0.25, 0.3) is 0 Å². The van der Waals surface area contributed by atoms with Crippen molar-refractivity contribution < 1.29 is 14.6 Å². The monoisotopic (exact) mass is 361 g/mol. The highest BCUT2D eigenvalue weighted by Crippen LogP contribution is 2.25. The Morgan fingerprint density at radius 1 is 1.00 bits per heavy atom. The van der Waals surface area contributed by atoms with Gasteiger partial charge in [0.15, 0.2) is 6.04 Å². The Hall–Kier alpha value is -1.55. The van der Waals surface area contributed by atoms with E-state index < -0.39 is 6.10 Å². The molecule has 146 valence electrons. The molecule has 3 atom stereocenters. The standard InChI is InChI=1S/C22H35NO3/c1-2-3-4-5-6-7-8-9-13-16-19(24)17-20-21(22(25)26-20)23-18-14-11-10-12-15-18/h10-12,14-15,19-21,23-24H,2-9,13,16-17H2,1H3/t19-,20+,21?/m0/s1. The average molecular weight is 362 g/mol. The van der Waals surface area contributed by atoms with E-state index in [1.807, 2.05) is 30.3 Å². The first-order valence-corrected chi connectivity index (χ1v) is 10.4. The van der Waals surface area contributed by atoms with Gasteiger partial charge in [0, 0.05) is 12.1 Å². The lowest BCUT2D eigenvalue weighted by atomic mass is 9.96. The summed E-state index contributed by atoms with van der Waals surface area (Å²) in [4.78, 5) is 11.7. The predicted molar refractivity (Wildman–Crippen MR) is 106 cm³/mol. The van der Waals surface area contributed by atoms with Crippen molar-refractivity contribution >= 4 is 11.7 Å². The van der Waals surface area contributed by atoms with Crippen molar-refractivity contribution in [1.82, 2.24) is 0 Å². The molecule has 0 amide bonds. The molecule has 0 bridgehead atoms. The number of para-hydroxylation sites is 1. The van der Waals surface area contributed by atoms with Gasteiger partial charge in [-0.1, -0.05) is 82.9 Å². The second-order valence-electron chi connectivity index (χ2n) is 7.47. The number of aliphatic hydroxyl groups excluding tert-OH is 1. The molecule has 4 heteroatoms. The van der Waals surface area contributed by atoms with Gasteiger partial charge in [0.1, 0.15) is 6.10 Å². The molecule has 1 heterocycles. The number of hydrogen-bond donors (Lipinski definition) is 2. The highest BCUT2D eigenvalue weighted by atomic mass is 16.6. The SMILES string of the molecule is CCCCCCCCCCC[C@H](O)C[C@H]1OC(=O)C1Nc1ccccc1. The quantitative estimate of drug-likeness (QED) is 0.359. The molecule has 0 radical (unpaired) electrons. The number of carbonyl (C=O) groups excluding carboxylic acids is 1. The third kappa shape index (κ3) is 7.36. The molecule has 1 saturated heterocycles. The molecule has 4 nitrogen and oxygen atoms in total. The lowest BCUT2D eigenvalue weighted by Gasteiger charge is -2.37. The Bertz CT molecular complexity index is 505. The van der Waals surface area contributed by atoms with Gasteiger partial charge in [-0.05, 0) is 18.6 Å². The van der Waals surface area contributed by atoms with Crippen LogP contribution in [0, 0.1) is 0 Å². The van der Waals surface area contributed by atoms with E-state index in [9.17, 15) is 9.90 Å². The molecule has 1 aliphatic rings. The summed E-state index contributed by atoms with van der Waals surface area (Å²) < 4.78 is 5.22. The number of nitrogens with one attached hydrogen (secondary N) is 1. The van der Waals surface area contributed by atoms with E-state index in [0.29, 0.717) is 6.42 Å². The zero-order valence-electron chi connectivity index (χ0n) is 16.2. The normalized spacial score (nSPS) is 20.3. The van der Waals surface area contributed by atoms with Crippen LogP contribution >= 0.6 is 0 Å². The summed E-state index contributed by atoms with van der Waals surface area (Å²) in [5.41, 5.74) is 0.910. The number of ether oxygens (including phenoxy) is 1. The number of benzene rings is 1. The lowest BCUT2D eigenvalue weighted by molar-refractivity contribution is -0.174. The van der Waals surface area contributed by atoms with E-state index in [0.717, 1.165) is 18.5 Å². The molecule has 2 rings (SSSR count). The molecule has 0 spiro atoms. The van der Waals surface area contributed by atoms with E-state index in [4.69, 9.17) is 4.74 Å². The van der Waals surface area contributed by atoms with Crippen LogP contribution in [-0.2, 0) is 9.53 Å². The minimum Gasteiger partial charge on any atom is -0.458 e. The lowest BCUT2D eigenvalue weighted by Crippen LogP contribution is -2.55. The molecular formula is C22H35NO3. The van der Waals surface area contributed by atoms with Gasteiger partial charge in [0.05, 0.1) is 6.10 Å². The summed E-state index contributed by atoms with van der Waals surface area (Å²) in [7, 11) is 0. The van der Waals surface area contributed by atoms with E-state index in [2.05, 4.69) is 12.2 Å². The van der Waals surface area contributed by atoms with Crippen LogP contribution in [-0.4, -0.2) is 29.3 Å². The first-order valence-electron chi connectivity index (χ1n) is 10.4. The fraction of sp³-hybridized carbons (Fsp3) is 0.682. The molecule has 0 aromatic heterocycles. The Labute approximate surface area is 158 Å². The second kappa shape index (κ2) is 11.9. The first kappa shape index (κ1) is 20.8. The summed E-state index contributed by atoms with van der Waals surface area (Å²) in [6.45, 7) is 2.25. The van der Waals surface area contributed by atoms with E-state index >= 15 is 0 Å². The van der Waals surface area contributed by atoms with Gasteiger partial charge < -0.3 is 15.2 Å². The number of carbonyl (C=O) groups is 1. The van der Waals surface area contributed by atoms with Crippen molar-refractivity contribution in [2.24, 2.45) is 0 Å². The molecule has 26 heavy (non-hydrogen) atoms. The number of rotatable bonds is 14. The van der Waals surface area contributed by atoms with Crippen molar-refractivity contribution in [3.63, 3.8) is 0 Å². The van der Waals surface area contributed by atoms with Crippen molar-refractivity contribution in [2.45, 2.75) is 95.8 Å². The zero-order valence-corrected chi connectivity index (χ0v) is 16.2. The summed E-state index contributed by atoms with van der Waals surface area (Å²) >= 11 is 0. The largest absolute Gasteiger partial charge is 0.458 e. The van der Waals surface area contributed by atoms with Crippen molar-refractivity contribution in [3.05, 3.63) is 30.3 Å². The smallest absolute Gasteiger partial charge is 0.332 e. The maximum Gasteiger partial charge on any atom is 0.332 e. The fourth-order valence-electron chi connectivity index (χ4n) is 3.50. The summed E-state index contributed by atoms with van der Waals surface area (Å²) in [6, 6.07) is 9.33. The highest BCUT2D eigenvalue weighted by molar-refractivity contribution is 5.85. The van der Waals surface area contributed by atoms with Gasteiger partial charge >= 0.3 is 5.97 Å². The number of esters is 1. The molecule has 1 unspecified atom stereocenters. The van der Waals surface area contributed by atoms with Crippen molar-refractivity contribution in [2.75, 3.05) is 5.32 Å². The zero-order chi connectivity index (χ0) is 18.6. The van der Waals surface area contributed by atoms with E-state index in [1.54, 1.807) is 0 Å². The van der Waals surface area contributed by atoms with Gasteiger partial charge in [-0.2, -0.15) is 0 Å². The number of cyclic esters (lactones) is 1. The number of hydrogen-bond acceptors (Lipinski definition) is 4. The van der Waals surface area contributed by atoms with Crippen LogP contribution in [0.3, 0.4) is 0 Å². The Balaban J connectivity index is 1.53. The summed E-state index contributed by atoms with van der Waals surface area (Å²) in [5.74, 6) is -0.228. The topological polar surface area (TPSA) is 58.6 Å². The molecule has 1 fully saturated rings. The average Bonchev–Trinajstić information content (AvgIpc) is 2.65. The van der Waals surface area contributed by atoms with E-state index in [1.165, 1.54) is 51.4 Å². The van der Waals surface area contributed by atoms with Gasteiger partial charge in [0.2, 0.25) is 0 Å². The van der Waals surface area contributed by atoms with Crippen molar-refractivity contribution in [1.29, 1.82) is 0 Å². The van der Waals surface area contributed by atoms with E-state index in [-0.39, 0.29) is 18.1 Å². The molecular weight excluding hydrogens is 326 g/mol. The minimum atomic E-state index is -0.391. The second-order valence-corrected chi connectivity index (χ2v) is 7.47. The fourth-order valence-corrected chi connectivity index (χ4v) is 3.50. The molecule has 1 aliphatic heterocycles. The Morgan fingerprint density at radius 3 is 2.23 bits per heavy atom. The highest BCUT2D eigenvalue weighted by Gasteiger charge is 2.43. The summed E-state index contributed by atoms with van der Waals surface area (Å²) in [6.07, 6.45) is 12.2. The molecule has 0 aliphatic carbocycles. The first-order chi connectivity index (χ1) is 12.7. The summed E-state index contributed by atoms with van der Waals surface area (Å²) in [5, 5.41) is 13.4. The van der Waals surface area contributed by atoms with Gasteiger partial charge in [-0.15, -0.1) is 0 Å². The van der Waals surface area contributed by atoms with Crippen molar-refractivity contribution in [3.8, 4) is 0 Å². The molecule has 0 saturated carbocycles. The van der Waals surface area contributed by atoms with Crippen LogP contribution in [0.1, 0.15) is 77.6 Å². The van der Waals surface area contributed by atoms with Crippen LogP contribution in [0.5, 0.6) is 0 Å². The van der Waals surface area contributed by atoms with Crippen LogP contribution in [0.4, 0.5) is 5.69 Å². The van der Waals surface area contributed by atoms with Crippen LogP contribution in [0.2, 0.25) is 0 Å². The minimum absolute atomic E-state index is 0.226. The van der Waals surface area contributed by atoms with Crippen LogP contribution in [0.15, 0.2) is 30.3 Å². The molecule has 1 aromatic carbocycles. The Morgan fingerprint density at radius 2 is 1.62 bits per heavy atom. The maximum atomic E-state index is 11.7. The van der Waals surface area contributed by atoms with Crippen LogP contribution < -0.4 is 5.32 Å².